The predicted molar refractivity (Wildman–Crippen MR) is 107 cm³/mol. The van der Waals surface area contributed by atoms with Gasteiger partial charge in [0.15, 0.2) is 0 Å². The van der Waals surface area contributed by atoms with Crippen LogP contribution in [0.5, 0.6) is 0 Å². The van der Waals surface area contributed by atoms with Crippen molar-refractivity contribution < 1.29 is 16.8 Å². The summed E-state index contributed by atoms with van der Waals surface area (Å²) >= 11 is 0. The summed E-state index contributed by atoms with van der Waals surface area (Å²) in [5.74, 6) is 0.0583. The number of anilines is 1. The van der Waals surface area contributed by atoms with Gasteiger partial charge in [-0.05, 0) is 50.6 Å². The maximum atomic E-state index is 12.7. The predicted octanol–water partition coefficient (Wildman–Crippen LogP) is 2.02. The summed E-state index contributed by atoms with van der Waals surface area (Å²) in [7, 11) is -5.12. The van der Waals surface area contributed by atoms with Gasteiger partial charge in [0.25, 0.3) is 0 Å². The summed E-state index contributed by atoms with van der Waals surface area (Å²) in [5, 5.41) is 3.13. The number of piperidine rings is 1. The number of hydrogen-bond acceptors (Lipinski definition) is 5. The third kappa shape index (κ3) is 6.09. The number of nitrogens with one attached hydrogen (secondary N) is 2. The highest BCUT2D eigenvalue weighted by Crippen LogP contribution is 2.22. The Labute approximate surface area is 163 Å². The molecule has 1 aromatic rings. The average molecular weight is 426 g/mol. The molecular formula is C16H28ClN3O4S2. The molecule has 0 aromatic heterocycles. The molecule has 1 saturated heterocycles. The summed E-state index contributed by atoms with van der Waals surface area (Å²) in [6.45, 7) is 2.88. The molecule has 0 aliphatic carbocycles. The molecule has 10 heteroatoms. The topological polar surface area (TPSA) is 95.6 Å². The van der Waals surface area contributed by atoms with Crippen molar-refractivity contribution >= 4 is 38.1 Å². The highest BCUT2D eigenvalue weighted by Gasteiger charge is 2.29. The first-order chi connectivity index (χ1) is 11.8. The molecule has 0 spiro atoms. The van der Waals surface area contributed by atoms with Gasteiger partial charge in [-0.1, -0.05) is 13.3 Å². The van der Waals surface area contributed by atoms with Gasteiger partial charge in [-0.15, -0.1) is 12.4 Å². The lowest BCUT2D eigenvalue weighted by molar-refractivity contribution is 0.293. The minimum Gasteiger partial charge on any atom is -0.316 e. The third-order valence-corrected chi connectivity index (χ3v) is 7.58. The van der Waals surface area contributed by atoms with Crippen molar-refractivity contribution in [2.75, 3.05) is 30.6 Å². The quantitative estimate of drug-likeness (QED) is 0.664. The van der Waals surface area contributed by atoms with Crippen molar-refractivity contribution in [2.24, 2.45) is 0 Å². The molecule has 2 rings (SSSR count). The Bertz CT molecular complexity index is 767. The molecule has 0 saturated carbocycles. The van der Waals surface area contributed by atoms with Gasteiger partial charge >= 0.3 is 0 Å². The second-order valence-electron chi connectivity index (χ2n) is 6.29. The van der Waals surface area contributed by atoms with Crippen LogP contribution in [0.4, 0.5) is 5.69 Å². The maximum Gasteiger partial charge on any atom is 0.243 e. The maximum absolute atomic E-state index is 12.7. The number of halogens is 1. The van der Waals surface area contributed by atoms with E-state index >= 15 is 0 Å². The van der Waals surface area contributed by atoms with Gasteiger partial charge < -0.3 is 5.32 Å². The Kier molecular flexibility index (Phi) is 8.81. The fourth-order valence-corrected chi connectivity index (χ4v) is 5.60. The molecule has 0 bridgehead atoms. The summed E-state index contributed by atoms with van der Waals surface area (Å²) in [6, 6.07) is 6.06. The molecule has 26 heavy (non-hydrogen) atoms. The van der Waals surface area contributed by atoms with E-state index in [-0.39, 0.29) is 29.1 Å². The second-order valence-corrected chi connectivity index (χ2v) is 10.1. The van der Waals surface area contributed by atoms with Crippen LogP contribution in [0, 0.1) is 0 Å². The number of sulfonamides is 2. The van der Waals surface area contributed by atoms with Crippen molar-refractivity contribution in [1.82, 2.24) is 9.62 Å². The van der Waals surface area contributed by atoms with Crippen LogP contribution >= 0.6 is 12.4 Å². The molecule has 1 fully saturated rings. The molecule has 1 aliphatic heterocycles. The normalized spacial score (nSPS) is 18.9. The van der Waals surface area contributed by atoms with Gasteiger partial charge in [-0.2, -0.15) is 4.31 Å². The lowest BCUT2D eigenvalue weighted by Gasteiger charge is -2.31. The number of unbranched alkanes of at least 4 members (excludes halogenated alkanes) is 1. The molecule has 1 unspecified atom stereocenters. The Balaban J connectivity index is 0.00000338. The SMILES string of the molecule is CCCCS(=O)(=O)Nc1ccc(S(=O)(=O)N2CCCC(NC)C2)cc1.Cl. The summed E-state index contributed by atoms with van der Waals surface area (Å²) < 4.78 is 53.3. The molecule has 1 atom stereocenters. The first-order valence-electron chi connectivity index (χ1n) is 8.56. The molecular weight excluding hydrogens is 398 g/mol. The van der Waals surface area contributed by atoms with E-state index in [0.717, 1.165) is 19.3 Å². The largest absolute Gasteiger partial charge is 0.316 e. The van der Waals surface area contributed by atoms with Crippen molar-refractivity contribution in [1.29, 1.82) is 0 Å². The van der Waals surface area contributed by atoms with Crippen molar-refractivity contribution in [2.45, 2.75) is 43.5 Å². The van der Waals surface area contributed by atoms with E-state index in [2.05, 4.69) is 10.0 Å². The van der Waals surface area contributed by atoms with Crippen molar-refractivity contribution in [3.8, 4) is 0 Å². The lowest BCUT2D eigenvalue weighted by atomic mass is 10.1. The number of likely N-dealkylation sites (N-methyl/N-ethyl adjacent to an activating group) is 1. The average Bonchev–Trinajstić information content (AvgIpc) is 2.60. The minimum absolute atomic E-state index is 0. The summed E-state index contributed by atoms with van der Waals surface area (Å²) in [6.07, 6.45) is 3.16. The van der Waals surface area contributed by atoms with E-state index < -0.39 is 20.0 Å². The van der Waals surface area contributed by atoms with Gasteiger partial charge in [0.05, 0.1) is 10.6 Å². The standard InChI is InChI=1S/C16H27N3O4S2.ClH/c1-3-4-12-24(20,21)18-14-7-9-16(10-8-14)25(22,23)19-11-5-6-15(13-19)17-2;/h7-10,15,17-18H,3-6,11-13H2,1-2H3;1H. The van der Waals surface area contributed by atoms with E-state index in [9.17, 15) is 16.8 Å². The number of nitrogens with zero attached hydrogens (tertiary/aromatic N) is 1. The van der Waals surface area contributed by atoms with Crippen LogP contribution in [-0.2, 0) is 20.0 Å². The smallest absolute Gasteiger partial charge is 0.243 e. The van der Waals surface area contributed by atoms with Gasteiger partial charge in [-0.3, -0.25) is 4.72 Å². The van der Waals surface area contributed by atoms with Gasteiger partial charge in [-0.25, -0.2) is 16.8 Å². The number of rotatable bonds is 8. The van der Waals surface area contributed by atoms with Crippen molar-refractivity contribution in [3.63, 3.8) is 0 Å². The van der Waals surface area contributed by atoms with Crippen LogP contribution in [-0.4, -0.2) is 53.1 Å². The van der Waals surface area contributed by atoms with Gasteiger partial charge in [0.1, 0.15) is 0 Å². The molecule has 2 N–H and O–H groups in total. The molecule has 150 valence electrons. The zero-order chi connectivity index (χ0) is 18.5. The molecule has 1 aromatic carbocycles. The van der Waals surface area contributed by atoms with Crippen LogP contribution in [0.25, 0.3) is 0 Å². The van der Waals surface area contributed by atoms with Crippen LogP contribution in [0.1, 0.15) is 32.6 Å². The monoisotopic (exact) mass is 425 g/mol. The van der Waals surface area contributed by atoms with Crippen LogP contribution in [0.3, 0.4) is 0 Å². The fraction of sp³-hybridized carbons (Fsp3) is 0.625. The van der Waals surface area contributed by atoms with E-state index in [4.69, 9.17) is 0 Å². The molecule has 0 radical (unpaired) electrons. The third-order valence-electron chi connectivity index (χ3n) is 4.32. The van der Waals surface area contributed by atoms with Crippen LogP contribution in [0.15, 0.2) is 29.2 Å². The second kappa shape index (κ2) is 9.89. The molecule has 7 nitrogen and oxygen atoms in total. The molecule has 1 aliphatic rings. The number of benzene rings is 1. The fourth-order valence-electron chi connectivity index (χ4n) is 2.81. The Morgan fingerprint density at radius 1 is 1.15 bits per heavy atom. The highest BCUT2D eigenvalue weighted by atomic mass is 35.5. The van der Waals surface area contributed by atoms with E-state index in [0.29, 0.717) is 25.2 Å². The zero-order valence-electron chi connectivity index (χ0n) is 15.1. The zero-order valence-corrected chi connectivity index (χ0v) is 17.6. The Hall–Kier alpha value is -0.870. The van der Waals surface area contributed by atoms with E-state index in [1.807, 2.05) is 14.0 Å². The van der Waals surface area contributed by atoms with Gasteiger partial charge in [0, 0.05) is 24.8 Å². The minimum atomic E-state index is -3.56. The van der Waals surface area contributed by atoms with Crippen molar-refractivity contribution in [3.05, 3.63) is 24.3 Å². The first kappa shape index (κ1) is 23.2. The highest BCUT2D eigenvalue weighted by molar-refractivity contribution is 7.92. The first-order valence-corrected chi connectivity index (χ1v) is 11.7. The summed E-state index contributed by atoms with van der Waals surface area (Å²) in [4.78, 5) is 0.181. The van der Waals surface area contributed by atoms with Crippen LogP contribution in [0.2, 0.25) is 0 Å². The summed E-state index contributed by atoms with van der Waals surface area (Å²) in [5.41, 5.74) is 0.377. The lowest BCUT2D eigenvalue weighted by Crippen LogP contribution is -2.46. The Morgan fingerprint density at radius 3 is 2.38 bits per heavy atom. The van der Waals surface area contributed by atoms with Crippen LogP contribution < -0.4 is 10.0 Å². The van der Waals surface area contributed by atoms with E-state index in [1.54, 1.807) is 0 Å². The molecule has 1 heterocycles. The van der Waals surface area contributed by atoms with E-state index in [1.165, 1.54) is 28.6 Å². The number of hydrogen-bond donors (Lipinski definition) is 2. The van der Waals surface area contributed by atoms with Gasteiger partial charge in [0.2, 0.25) is 20.0 Å². The Morgan fingerprint density at radius 2 is 1.81 bits per heavy atom. The molecule has 0 amide bonds.